The van der Waals surface area contributed by atoms with Gasteiger partial charge in [0.25, 0.3) is 0 Å². The van der Waals surface area contributed by atoms with E-state index in [9.17, 15) is 9.90 Å². The molecule has 1 N–H and O–H groups in total. The highest BCUT2D eigenvalue weighted by atomic mass is 16.3. The van der Waals surface area contributed by atoms with Crippen molar-refractivity contribution in [3.05, 3.63) is 35.4 Å². The Hall–Kier alpha value is -1.35. The number of carbonyl (C=O) groups excluding carboxylic acids is 1. The molecule has 3 heteroatoms. The van der Waals surface area contributed by atoms with Crippen LogP contribution in [0.1, 0.15) is 37.3 Å². The first-order chi connectivity index (χ1) is 9.60. The highest BCUT2D eigenvalue weighted by Crippen LogP contribution is 2.22. The first kappa shape index (κ1) is 15.0. The summed E-state index contributed by atoms with van der Waals surface area (Å²) in [6.07, 6.45) is 2.94. The van der Waals surface area contributed by atoms with E-state index >= 15 is 0 Å². The zero-order valence-corrected chi connectivity index (χ0v) is 12.5. The Morgan fingerprint density at radius 2 is 1.90 bits per heavy atom. The lowest BCUT2D eigenvalue weighted by Crippen LogP contribution is -2.41. The van der Waals surface area contributed by atoms with Gasteiger partial charge in [-0.1, -0.05) is 36.8 Å². The normalized spacial score (nSPS) is 18.1. The monoisotopic (exact) mass is 275 g/mol. The quantitative estimate of drug-likeness (QED) is 0.917. The number of hydrogen-bond acceptors (Lipinski definition) is 2. The van der Waals surface area contributed by atoms with Gasteiger partial charge in [-0.15, -0.1) is 0 Å². The molecular formula is C17H25NO2. The molecule has 1 aliphatic rings. The Balaban J connectivity index is 1.84. The molecule has 1 amide bonds. The molecule has 2 rings (SSSR count). The third-order valence-electron chi connectivity index (χ3n) is 4.33. The van der Waals surface area contributed by atoms with E-state index in [2.05, 4.69) is 6.92 Å². The van der Waals surface area contributed by atoms with Crippen molar-refractivity contribution in [2.45, 2.75) is 45.6 Å². The number of likely N-dealkylation sites (tertiary alicyclic amines) is 1. The number of carbonyl (C=O) groups is 1. The zero-order valence-electron chi connectivity index (χ0n) is 12.5. The minimum atomic E-state index is -0.204. The second kappa shape index (κ2) is 6.89. The summed E-state index contributed by atoms with van der Waals surface area (Å²) in [6, 6.07) is 8.15. The predicted octanol–water partition coefficient (Wildman–Crippen LogP) is 2.55. The second-order valence-corrected chi connectivity index (χ2v) is 5.86. The molecule has 110 valence electrons. The van der Waals surface area contributed by atoms with E-state index in [0.717, 1.165) is 37.9 Å². The van der Waals surface area contributed by atoms with Gasteiger partial charge in [-0.05, 0) is 37.7 Å². The number of aliphatic hydroxyl groups excluding tert-OH is 1. The number of hydrogen-bond donors (Lipinski definition) is 1. The molecule has 3 nitrogen and oxygen atoms in total. The summed E-state index contributed by atoms with van der Waals surface area (Å²) in [5.41, 5.74) is 2.30. The van der Waals surface area contributed by atoms with Crippen LogP contribution in [0.25, 0.3) is 0 Å². The van der Waals surface area contributed by atoms with Crippen molar-refractivity contribution in [1.29, 1.82) is 0 Å². The van der Waals surface area contributed by atoms with Gasteiger partial charge in [0.1, 0.15) is 0 Å². The van der Waals surface area contributed by atoms with Crippen LogP contribution in [0.5, 0.6) is 0 Å². The molecule has 20 heavy (non-hydrogen) atoms. The lowest BCUT2D eigenvalue weighted by molar-refractivity contribution is -0.132. The number of nitrogens with zero attached hydrogens (tertiary/aromatic N) is 1. The molecule has 0 saturated carbocycles. The van der Waals surface area contributed by atoms with Gasteiger partial charge in [-0.3, -0.25) is 4.79 Å². The van der Waals surface area contributed by atoms with Crippen LogP contribution >= 0.6 is 0 Å². The van der Waals surface area contributed by atoms with Crippen LogP contribution in [-0.2, 0) is 11.2 Å². The summed E-state index contributed by atoms with van der Waals surface area (Å²) in [7, 11) is 0. The number of benzene rings is 1. The fourth-order valence-electron chi connectivity index (χ4n) is 2.86. The number of rotatable bonds is 4. The minimum absolute atomic E-state index is 0.204. The average Bonchev–Trinajstić information content (AvgIpc) is 2.49. The highest BCUT2D eigenvalue weighted by molar-refractivity contribution is 5.78. The van der Waals surface area contributed by atoms with Gasteiger partial charge in [0.05, 0.1) is 12.5 Å². The molecule has 1 unspecified atom stereocenters. The third-order valence-corrected chi connectivity index (χ3v) is 4.33. The van der Waals surface area contributed by atoms with Crippen LogP contribution in [0.2, 0.25) is 0 Å². The van der Waals surface area contributed by atoms with E-state index in [4.69, 9.17) is 0 Å². The molecular weight excluding hydrogens is 250 g/mol. The fourth-order valence-corrected chi connectivity index (χ4v) is 2.86. The number of piperidine rings is 1. The van der Waals surface area contributed by atoms with E-state index in [1.165, 1.54) is 5.56 Å². The Morgan fingerprint density at radius 1 is 1.30 bits per heavy atom. The van der Waals surface area contributed by atoms with Gasteiger partial charge in [-0.25, -0.2) is 0 Å². The topological polar surface area (TPSA) is 40.5 Å². The SMILES string of the molecule is CCC(O)C1CCN(C(=O)Cc2ccc(C)cc2)CC1. The van der Waals surface area contributed by atoms with E-state index in [1.54, 1.807) is 0 Å². The Bertz CT molecular complexity index is 433. The van der Waals surface area contributed by atoms with Gasteiger partial charge < -0.3 is 10.0 Å². The molecule has 0 radical (unpaired) electrons. The van der Waals surface area contributed by atoms with Gasteiger partial charge >= 0.3 is 0 Å². The Morgan fingerprint density at radius 3 is 2.45 bits per heavy atom. The van der Waals surface area contributed by atoms with Crippen LogP contribution in [0.3, 0.4) is 0 Å². The highest BCUT2D eigenvalue weighted by Gasteiger charge is 2.26. The number of amides is 1. The molecule has 0 aliphatic carbocycles. The van der Waals surface area contributed by atoms with Crippen LogP contribution < -0.4 is 0 Å². The standard InChI is InChI=1S/C17H25NO2/c1-3-16(19)15-8-10-18(11-9-15)17(20)12-14-6-4-13(2)5-7-14/h4-7,15-16,19H,3,8-12H2,1-2H3. The summed E-state index contributed by atoms with van der Waals surface area (Å²) in [5.74, 6) is 0.571. The van der Waals surface area contributed by atoms with Crippen molar-refractivity contribution >= 4 is 5.91 Å². The van der Waals surface area contributed by atoms with Gasteiger partial charge in [0.2, 0.25) is 5.91 Å². The zero-order chi connectivity index (χ0) is 14.5. The largest absolute Gasteiger partial charge is 0.393 e. The Labute approximate surface area is 121 Å². The summed E-state index contributed by atoms with van der Waals surface area (Å²) < 4.78 is 0. The molecule has 0 aromatic heterocycles. The van der Waals surface area contributed by atoms with Gasteiger partial charge in [0.15, 0.2) is 0 Å². The van der Waals surface area contributed by atoms with Crippen molar-refractivity contribution in [3.8, 4) is 0 Å². The van der Waals surface area contributed by atoms with Crippen LogP contribution in [0.15, 0.2) is 24.3 Å². The summed E-state index contributed by atoms with van der Waals surface area (Å²) in [6.45, 7) is 5.63. The number of aliphatic hydroxyl groups is 1. The molecule has 0 spiro atoms. The summed E-state index contributed by atoms with van der Waals surface area (Å²) in [4.78, 5) is 14.2. The maximum Gasteiger partial charge on any atom is 0.226 e. The average molecular weight is 275 g/mol. The molecule has 1 aromatic carbocycles. The smallest absolute Gasteiger partial charge is 0.226 e. The maximum absolute atomic E-state index is 12.3. The lowest BCUT2D eigenvalue weighted by atomic mass is 9.90. The van der Waals surface area contributed by atoms with Gasteiger partial charge in [-0.2, -0.15) is 0 Å². The van der Waals surface area contributed by atoms with E-state index in [-0.39, 0.29) is 12.0 Å². The third kappa shape index (κ3) is 3.83. The number of aryl methyl sites for hydroxylation is 1. The summed E-state index contributed by atoms with van der Waals surface area (Å²) in [5, 5.41) is 9.87. The Kier molecular flexibility index (Phi) is 5.18. The van der Waals surface area contributed by atoms with Crippen molar-refractivity contribution in [2.24, 2.45) is 5.92 Å². The summed E-state index contributed by atoms with van der Waals surface area (Å²) >= 11 is 0. The molecule has 1 aliphatic heterocycles. The molecule has 0 bridgehead atoms. The first-order valence-corrected chi connectivity index (χ1v) is 7.61. The molecule has 1 aromatic rings. The predicted molar refractivity (Wildman–Crippen MR) is 80.5 cm³/mol. The molecule has 1 atom stereocenters. The molecule has 1 heterocycles. The van der Waals surface area contributed by atoms with E-state index < -0.39 is 0 Å². The fraction of sp³-hybridized carbons (Fsp3) is 0.588. The van der Waals surface area contributed by atoms with E-state index in [1.807, 2.05) is 36.1 Å². The van der Waals surface area contributed by atoms with Crippen molar-refractivity contribution in [1.82, 2.24) is 4.90 Å². The molecule has 1 fully saturated rings. The van der Waals surface area contributed by atoms with E-state index in [0.29, 0.717) is 12.3 Å². The van der Waals surface area contributed by atoms with Gasteiger partial charge in [0, 0.05) is 13.1 Å². The lowest BCUT2D eigenvalue weighted by Gasteiger charge is -2.34. The van der Waals surface area contributed by atoms with Crippen molar-refractivity contribution < 1.29 is 9.90 Å². The molecule has 1 saturated heterocycles. The maximum atomic E-state index is 12.3. The van der Waals surface area contributed by atoms with Crippen molar-refractivity contribution in [2.75, 3.05) is 13.1 Å². The minimum Gasteiger partial charge on any atom is -0.393 e. The first-order valence-electron chi connectivity index (χ1n) is 7.61. The van der Waals surface area contributed by atoms with Crippen LogP contribution in [0, 0.1) is 12.8 Å². The van der Waals surface area contributed by atoms with Crippen LogP contribution in [0.4, 0.5) is 0 Å². The second-order valence-electron chi connectivity index (χ2n) is 5.86. The van der Waals surface area contributed by atoms with Crippen molar-refractivity contribution in [3.63, 3.8) is 0 Å². The van der Waals surface area contributed by atoms with Crippen LogP contribution in [-0.4, -0.2) is 35.1 Å².